The summed E-state index contributed by atoms with van der Waals surface area (Å²) in [6.45, 7) is 1.38. The van der Waals surface area contributed by atoms with Gasteiger partial charge in [0.15, 0.2) is 0 Å². The van der Waals surface area contributed by atoms with E-state index in [9.17, 15) is 18.0 Å². The van der Waals surface area contributed by atoms with Gasteiger partial charge in [-0.15, -0.1) is 0 Å². The Morgan fingerprint density at radius 1 is 1.00 bits per heavy atom. The molecule has 3 aromatic carbocycles. The molecule has 0 aromatic heterocycles. The standard InChI is InChI=1S/C27H29Cl2N3O5S/c1-19(27(34)30-2)31(16-21-9-10-22(28)15-25(21)29)26(33)17-32(38(3,35)36)23-11-13-24(14-12-23)37-18-20-7-5-4-6-8-20/h4-15,19H,16-18H2,1-3H3,(H,30,34)/t19-/m0/s1. The summed E-state index contributed by atoms with van der Waals surface area (Å²) in [5, 5.41) is 3.27. The van der Waals surface area contributed by atoms with Gasteiger partial charge < -0.3 is 15.0 Å². The molecule has 0 fully saturated rings. The fourth-order valence-corrected chi connectivity index (χ4v) is 5.01. The van der Waals surface area contributed by atoms with Crippen molar-refractivity contribution < 1.29 is 22.7 Å². The molecule has 38 heavy (non-hydrogen) atoms. The minimum Gasteiger partial charge on any atom is -0.489 e. The van der Waals surface area contributed by atoms with Gasteiger partial charge in [-0.1, -0.05) is 59.6 Å². The van der Waals surface area contributed by atoms with Crippen molar-refractivity contribution in [2.75, 3.05) is 24.2 Å². The summed E-state index contributed by atoms with van der Waals surface area (Å²) in [6.07, 6.45) is 1.02. The zero-order valence-corrected chi connectivity index (χ0v) is 23.6. The van der Waals surface area contributed by atoms with Crippen molar-refractivity contribution in [3.8, 4) is 5.75 Å². The zero-order chi connectivity index (χ0) is 27.9. The summed E-state index contributed by atoms with van der Waals surface area (Å²) in [5.74, 6) is -0.444. The number of carbonyl (C=O) groups excluding carboxylic acids is 2. The van der Waals surface area contributed by atoms with Gasteiger partial charge in [0.25, 0.3) is 0 Å². The number of benzene rings is 3. The molecule has 11 heteroatoms. The summed E-state index contributed by atoms with van der Waals surface area (Å²) in [5.41, 5.74) is 1.84. The van der Waals surface area contributed by atoms with Crippen LogP contribution in [0, 0.1) is 0 Å². The predicted octanol–water partition coefficient (Wildman–Crippen LogP) is 4.50. The average molecular weight is 579 g/mol. The van der Waals surface area contributed by atoms with E-state index in [-0.39, 0.29) is 12.2 Å². The highest BCUT2D eigenvalue weighted by Gasteiger charge is 2.30. The van der Waals surface area contributed by atoms with Crippen LogP contribution in [0.4, 0.5) is 5.69 Å². The van der Waals surface area contributed by atoms with Crippen LogP contribution in [-0.2, 0) is 32.8 Å². The molecule has 0 radical (unpaired) electrons. The largest absolute Gasteiger partial charge is 0.489 e. The lowest BCUT2D eigenvalue weighted by molar-refractivity contribution is -0.139. The molecular formula is C27H29Cl2N3O5S. The zero-order valence-electron chi connectivity index (χ0n) is 21.2. The number of ether oxygens (including phenoxy) is 1. The number of nitrogens with zero attached hydrogens (tertiary/aromatic N) is 2. The second-order valence-electron chi connectivity index (χ2n) is 8.59. The van der Waals surface area contributed by atoms with E-state index in [1.165, 1.54) is 18.0 Å². The molecule has 0 heterocycles. The first-order valence-corrected chi connectivity index (χ1v) is 14.3. The highest BCUT2D eigenvalue weighted by Crippen LogP contribution is 2.25. The number of sulfonamides is 1. The van der Waals surface area contributed by atoms with E-state index in [0.29, 0.717) is 28.0 Å². The van der Waals surface area contributed by atoms with Crippen LogP contribution in [0.3, 0.4) is 0 Å². The van der Waals surface area contributed by atoms with Crippen LogP contribution < -0.4 is 14.4 Å². The van der Waals surface area contributed by atoms with Crippen LogP contribution in [0.2, 0.25) is 10.0 Å². The van der Waals surface area contributed by atoms with Crippen LogP contribution in [0.25, 0.3) is 0 Å². The number of amides is 2. The number of hydrogen-bond acceptors (Lipinski definition) is 5. The van der Waals surface area contributed by atoms with Gasteiger partial charge in [-0.2, -0.15) is 0 Å². The van der Waals surface area contributed by atoms with Crippen LogP contribution in [0.5, 0.6) is 5.75 Å². The normalized spacial score (nSPS) is 11.9. The first kappa shape index (κ1) is 29.3. The van der Waals surface area contributed by atoms with Crippen LogP contribution in [0.15, 0.2) is 72.8 Å². The first-order valence-electron chi connectivity index (χ1n) is 11.7. The lowest BCUT2D eigenvalue weighted by Crippen LogP contribution is -2.50. The van der Waals surface area contributed by atoms with Gasteiger partial charge in [-0.25, -0.2) is 8.42 Å². The topological polar surface area (TPSA) is 96.0 Å². The first-order chi connectivity index (χ1) is 18.0. The third kappa shape index (κ3) is 7.86. The van der Waals surface area contributed by atoms with Crippen molar-refractivity contribution in [2.45, 2.75) is 26.1 Å². The summed E-state index contributed by atoms with van der Waals surface area (Å²) in [7, 11) is -2.39. The van der Waals surface area contributed by atoms with E-state index in [0.717, 1.165) is 16.1 Å². The number of rotatable bonds is 11. The molecule has 3 rings (SSSR count). The third-order valence-corrected chi connectivity index (χ3v) is 7.55. The number of carbonyl (C=O) groups is 2. The van der Waals surface area contributed by atoms with Crippen molar-refractivity contribution in [1.82, 2.24) is 10.2 Å². The maximum absolute atomic E-state index is 13.5. The van der Waals surface area contributed by atoms with Gasteiger partial charge in [0.1, 0.15) is 24.9 Å². The van der Waals surface area contributed by atoms with Crippen molar-refractivity contribution in [2.24, 2.45) is 0 Å². The Morgan fingerprint density at radius 3 is 2.24 bits per heavy atom. The Balaban J connectivity index is 1.82. The number of hydrogen-bond donors (Lipinski definition) is 1. The second kappa shape index (κ2) is 13.0. The molecule has 0 aliphatic carbocycles. The number of anilines is 1. The van der Waals surface area contributed by atoms with E-state index >= 15 is 0 Å². The molecule has 0 unspecified atom stereocenters. The summed E-state index contributed by atoms with van der Waals surface area (Å²) < 4.78 is 32.2. The van der Waals surface area contributed by atoms with Crippen LogP contribution in [-0.4, -0.2) is 51.0 Å². The molecule has 2 amide bonds. The molecule has 0 aliphatic rings. The molecule has 0 aliphatic heterocycles. The Morgan fingerprint density at radius 2 is 1.66 bits per heavy atom. The van der Waals surface area contributed by atoms with Crippen LogP contribution in [0.1, 0.15) is 18.1 Å². The molecule has 8 nitrogen and oxygen atoms in total. The Hall–Kier alpha value is -3.27. The molecule has 0 saturated heterocycles. The molecule has 0 bridgehead atoms. The number of likely N-dealkylation sites (N-methyl/N-ethyl adjacent to an activating group) is 1. The average Bonchev–Trinajstić information content (AvgIpc) is 2.89. The SMILES string of the molecule is CNC(=O)[C@H](C)N(Cc1ccc(Cl)cc1Cl)C(=O)CN(c1ccc(OCc2ccccc2)cc1)S(C)(=O)=O. The Labute approximate surface area is 233 Å². The van der Waals surface area contributed by atoms with Crippen molar-refractivity contribution in [3.63, 3.8) is 0 Å². The summed E-state index contributed by atoms with van der Waals surface area (Å²) in [6, 6.07) is 20.0. The quantitative estimate of drug-likeness (QED) is 0.362. The van der Waals surface area contributed by atoms with Gasteiger partial charge in [-0.05, 0) is 54.4 Å². The molecule has 0 saturated carbocycles. The maximum Gasteiger partial charge on any atom is 0.244 e. The fourth-order valence-electron chi connectivity index (χ4n) is 3.69. The van der Waals surface area contributed by atoms with E-state index in [4.69, 9.17) is 27.9 Å². The minimum absolute atomic E-state index is 0.0205. The molecular weight excluding hydrogens is 549 g/mol. The van der Waals surface area contributed by atoms with Gasteiger partial charge in [-0.3, -0.25) is 13.9 Å². The van der Waals surface area contributed by atoms with E-state index in [1.807, 2.05) is 30.3 Å². The number of nitrogens with one attached hydrogen (secondary N) is 1. The van der Waals surface area contributed by atoms with Crippen molar-refractivity contribution >= 4 is 50.7 Å². The molecule has 3 aromatic rings. The van der Waals surface area contributed by atoms with Crippen molar-refractivity contribution in [3.05, 3.63) is 94.0 Å². The second-order valence-corrected chi connectivity index (χ2v) is 11.3. The smallest absolute Gasteiger partial charge is 0.244 e. The molecule has 1 atom stereocenters. The highest BCUT2D eigenvalue weighted by atomic mass is 35.5. The van der Waals surface area contributed by atoms with Gasteiger partial charge in [0.2, 0.25) is 21.8 Å². The van der Waals surface area contributed by atoms with Crippen LogP contribution >= 0.6 is 23.2 Å². The predicted molar refractivity (Wildman–Crippen MR) is 150 cm³/mol. The molecule has 202 valence electrons. The van der Waals surface area contributed by atoms with Gasteiger partial charge in [0, 0.05) is 23.6 Å². The minimum atomic E-state index is -3.85. The number of halogens is 2. The van der Waals surface area contributed by atoms with E-state index in [1.54, 1.807) is 43.3 Å². The van der Waals surface area contributed by atoms with Gasteiger partial charge in [0.05, 0.1) is 11.9 Å². The fraction of sp³-hybridized carbons (Fsp3) is 0.259. The molecule has 0 spiro atoms. The van der Waals surface area contributed by atoms with E-state index in [2.05, 4.69) is 5.32 Å². The summed E-state index contributed by atoms with van der Waals surface area (Å²) >= 11 is 12.3. The Kier molecular flexibility index (Phi) is 10.0. The highest BCUT2D eigenvalue weighted by molar-refractivity contribution is 7.92. The molecule has 1 N–H and O–H groups in total. The Bertz CT molecular complexity index is 1370. The monoisotopic (exact) mass is 577 g/mol. The third-order valence-electron chi connectivity index (χ3n) is 5.82. The van der Waals surface area contributed by atoms with Crippen molar-refractivity contribution in [1.29, 1.82) is 0 Å². The summed E-state index contributed by atoms with van der Waals surface area (Å²) in [4.78, 5) is 27.2. The lowest BCUT2D eigenvalue weighted by atomic mass is 10.1. The lowest BCUT2D eigenvalue weighted by Gasteiger charge is -2.31. The maximum atomic E-state index is 13.5. The van der Waals surface area contributed by atoms with Gasteiger partial charge >= 0.3 is 0 Å². The van der Waals surface area contributed by atoms with E-state index < -0.39 is 34.4 Å².